The fraction of sp³-hybridized carbons (Fsp3) is 0.429. The lowest BCUT2D eigenvalue weighted by atomic mass is 9.81. The molecule has 3 N–H and O–H groups in total. The molecule has 10 nitrogen and oxygen atoms in total. The number of nitrogens with two attached hydrogens (primary N) is 1. The molecule has 4 rings (SSSR count). The second-order valence-corrected chi connectivity index (χ2v) is 7.79. The zero-order valence-electron chi connectivity index (χ0n) is 17.2. The first-order valence-electron chi connectivity index (χ1n) is 10.3. The predicted molar refractivity (Wildman–Crippen MR) is 111 cm³/mol. The van der Waals surface area contributed by atoms with Gasteiger partial charge in [0.15, 0.2) is 12.4 Å². The van der Waals surface area contributed by atoms with Crippen LogP contribution in [-0.2, 0) is 25.7 Å². The summed E-state index contributed by atoms with van der Waals surface area (Å²) in [7, 11) is 0. The predicted octanol–water partition coefficient (Wildman–Crippen LogP) is 1.72. The molecule has 0 radical (unpaired) electrons. The smallest absolute Gasteiger partial charge is 0.326 e. The molecule has 162 valence electrons. The van der Waals surface area contributed by atoms with Crippen LogP contribution in [0, 0.1) is 18.8 Å². The molecule has 2 unspecified atom stereocenters. The molecule has 2 aromatic rings. The number of anilines is 3. The molecular formula is C21H24N6O4. The summed E-state index contributed by atoms with van der Waals surface area (Å²) in [6.07, 6.45) is 3.25. The number of nitrogens with one attached hydrogen (secondary N) is 1. The van der Waals surface area contributed by atoms with Crippen LogP contribution in [0.3, 0.4) is 0 Å². The van der Waals surface area contributed by atoms with Crippen molar-refractivity contribution in [1.29, 1.82) is 0 Å². The summed E-state index contributed by atoms with van der Waals surface area (Å²) in [6, 6.07) is 7.60. The number of nitrogen functional groups attached to an aromatic ring is 1. The van der Waals surface area contributed by atoms with E-state index >= 15 is 0 Å². The third-order valence-corrected chi connectivity index (χ3v) is 5.67. The summed E-state index contributed by atoms with van der Waals surface area (Å²) < 4.78 is 5.20. The van der Waals surface area contributed by atoms with Gasteiger partial charge < -0.3 is 15.8 Å². The lowest BCUT2D eigenvalue weighted by Gasteiger charge is -2.19. The Hall–Kier alpha value is -3.56. The highest BCUT2D eigenvalue weighted by atomic mass is 16.5. The number of esters is 1. The van der Waals surface area contributed by atoms with Gasteiger partial charge in [0, 0.05) is 5.69 Å². The van der Waals surface area contributed by atoms with Crippen molar-refractivity contribution >= 4 is 35.4 Å². The molecule has 1 aromatic carbocycles. The summed E-state index contributed by atoms with van der Waals surface area (Å²) in [6.45, 7) is 1.28. The minimum Gasteiger partial charge on any atom is -0.456 e. The van der Waals surface area contributed by atoms with Crippen LogP contribution in [-0.4, -0.2) is 44.2 Å². The zero-order chi connectivity index (χ0) is 22.0. The number of amides is 2. The number of hydrogen-bond acceptors (Lipinski definition) is 9. The molecule has 10 heteroatoms. The number of aryl methyl sites for hydroxylation is 1. The van der Waals surface area contributed by atoms with Crippen LogP contribution in [0.15, 0.2) is 24.3 Å². The quantitative estimate of drug-likeness (QED) is 0.524. The number of nitrogens with zero attached hydrogens (tertiary/aromatic N) is 4. The van der Waals surface area contributed by atoms with Gasteiger partial charge in [0.2, 0.25) is 23.7 Å². The van der Waals surface area contributed by atoms with E-state index in [-0.39, 0.29) is 48.0 Å². The normalized spacial score (nSPS) is 20.5. The maximum Gasteiger partial charge on any atom is 0.326 e. The standard InChI is InChI=1S/C21H24N6O4/c1-12-6-2-5-9-15(12)23-21-25-16(24-20(22)26-21)11-31-17(28)10-27-18(29)13-7-3-4-8-14(13)19(27)30/h2,5-6,9,13-14H,3-4,7-8,10-11H2,1H3,(H3,22,23,24,25,26). The molecule has 1 saturated carbocycles. The summed E-state index contributed by atoms with van der Waals surface area (Å²) in [5.41, 5.74) is 7.56. The van der Waals surface area contributed by atoms with Crippen molar-refractivity contribution < 1.29 is 19.1 Å². The number of fused-ring (bicyclic) bond motifs is 1. The summed E-state index contributed by atoms with van der Waals surface area (Å²) in [5, 5.41) is 3.06. The first kappa shape index (κ1) is 20.7. The van der Waals surface area contributed by atoms with E-state index in [0.717, 1.165) is 29.0 Å². The fourth-order valence-electron chi connectivity index (χ4n) is 4.10. The molecule has 31 heavy (non-hydrogen) atoms. The van der Waals surface area contributed by atoms with Crippen molar-refractivity contribution in [3.8, 4) is 0 Å². The number of imide groups is 1. The SMILES string of the molecule is Cc1ccccc1Nc1nc(N)nc(COC(=O)CN2C(=O)C3CCCCC3C2=O)n1. The van der Waals surface area contributed by atoms with Gasteiger partial charge >= 0.3 is 5.97 Å². The van der Waals surface area contributed by atoms with Crippen molar-refractivity contribution in [2.75, 3.05) is 17.6 Å². The summed E-state index contributed by atoms with van der Waals surface area (Å²) >= 11 is 0. The Labute approximate surface area is 179 Å². The highest BCUT2D eigenvalue weighted by Gasteiger charge is 2.48. The minimum absolute atomic E-state index is 0.0221. The largest absolute Gasteiger partial charge is 0.456 e. The van der Waals surface area contributed by atoms with Gasteiger partial charge in [-0.1, -0.05) is 31.0 Å². The topological polar surface area (TPSA) is 140 Å². The van der Waals surface area contributed by atoms with Crippen LogP contribution in [0.25, 0.3) is 0 Å². The molecule has 2 atom stereocenters. The second kappa shape index (κ2) is 8.66. The van der Waals surface area contributed by atoms with Crippen molar-refractivity contribution in [2.45, 2.75) is 39.2 Å². The van der Waals surface area contributed by atoms with Crippen molar-refractivity contribution in [3.05, 3.63) is 35.7 Å². The molecule has 2 aliphatic rings. The van der Waals surface area contributed by atoms with Gasteiger partial charge in [0.25, 0.3) is 0 Å². The Kier molecular flexibility index (Phi) is 5.79. The van der Waals surface area contributed by atoms with E-state index < -0.39 is 12.5 Å². The van der Waals surface area contributed by atoms with Crippen molar-refractivity contribution in [2.24, 2.45) is 11.8 Å². The van der Waals surface area contributed by atoms with Gasteiger partial charge in [-0.25, -0.2) is 0 Å². The van der Waals surface area contributed by atoms with Gasteiger partial charge in [-0.05, 0) is 31.4 Å². The van der Waals surface area contributed by atoms with Crippen LogP contribution in [0.5, 0.6) is 0 Å². The molecule has 2 amide bonds. The van der Waals surface area contributed by atoms with E-state index in [1.165, 1.54) is 0 Å². The van der Waals surface area contributed by atoms with E-state index in [1.807, 2.05) is 31.2 Å². The van der Waals surface area contributed by atoms with E-state index in [1.54, 1.807) is 0 Å². The second-order valence-electron chi connectivity index (χ2n) is 7.79. The number of para-hydroxylation sites is 1. The molecule has 1 saturated heterocycles. The number of likely N-dealkylation sites (tertiary alicyclic amines) is 1. The van der Waals surface area contributed by atoms with E-state index in [2.05, 4.69) is 20.3 Å². The number of ether oxygens (including phenoxy) is 1. The monoisotopic (exact) mass is 424 g/mol. The molecule has 1 aromatic heterocycles. The lowest BCUT2D eigenvalue weighted by Crippen LogP contribution is -2.36. The van der Waals surface area contributed by atoms with Crippen molar-refractivity contribution in [3.63, 3.8) is 0 Å². The third-order valence-electron chi connectivity index (χ3n) is 5.67. The number of aromatic nitrogens is 3. The highest BCUT2D eigenvalue weighted by Crippen LogP contribution is 2.37. The average Bonchev–Trinajstić information content (AvgIpc) is 2.99. The summed E-state index contributed by atoms with van der Waals surface area (Å²) in [4.78, 5) is 50.5. The van der Waals surface area contributed by atoms with Crippen molar-refractivity contribution in [1.82, 2.24) is 19.9 Å². The molecule has 0 bridgehead atoms. The van der Waals surface area contributed by atoms with E-state index in [4.69, 9.17) is 10.5 Å². The van der Waals surface area contributed by atoms with Gasteiger partial charge in [-0.3, -0.25) is 19.3 Å². The molecule has 0 spiro atoms. The van der Waals surface area contributed by atoms with Gasteiger partial charge in [-0.15, -0.1) is 0 Å². The first-order valence-corrected chi connectivity index (χ1v) is 10.3. The van der Waals surface area contributed by atoms with E-state index in [0.29, 0.717) is 12.8 Å². The van der Waals surface area contributed by atoms with Crippen LogP contribution in [0.1, 0.15) is 37.1 Å². The van der Waals surface area contributed by atoms with Crippen LogP contribution in [0.2, 0.25) is 0 Å². The van der Waals surface area contributed by atoms with Crippen LogP contribution >= 0.6 is 0 Å². The Balaban J connectivity index is 1.37. The van der Waals surface area contributed by atoms with Crippen LogP contribution in [0.4, 0.5) is 17.6 Å². The maximum absolute atomic E-state index is 12.5. The molecule has 2 fully saturated rings. The number of benzene rings is 1. The summed E-state index contributed by atoms with van der Waals surface area (Å²) in [5.74, 6) is -1.49. The Morgan fingerprint density at radius 2 is 1.81 bits per heavy atom. The minimum atomic E-state index is -0.701. The zero-order valence-corrected chi connectivity index (χ0v) is 17.2. The first-order chi connectivity index (χ1) is 14.9. The number of hydrogen-bond donors (Lipinski definition) is 2. The van der Waals surface area contributed by atoms with Gasteiger partial charge in [0.05, 0.1) is 11.8 Å². The molecule has 1 aliphatic carbocycles. The molecule has 1 aliphatic heterocycles. The Bertz CT molecular complexity index is 1000. The fourth-order valence-corrected chi connectivity index (χ4v) is 4.10. The number of carbonyl (C=O) groups is 3. The van der Waals surface area contributed by atoms with Gasteiger partial charge in [0.1, 0.15) is 6.54 Å². The van der Waals surface area contributed by atoms with Gasteiger partial charge in [-0.2, -0.15) is 15.0 Å². The molecular weight excluding hydrogens is 400 g/mol. The third kappa shape index (κ3) is 4.47. The molecule has 2 heterocycles. The Morgan fingerprint density at radius 3 is 2.48 bits per heavy atom. The van der Waals surface area contributed by atoms with E-state index in [9.17, 15) is 14.4 Å². The number of rotatable bonds is 6. The number of carbonyl (C=O) groups excluding carboxylic acids is 3. The highest BCUT2D eigenvalue weighted by molar-refractivity contribution is 6.07. The van der Waals surface area contributed by atoms with Crippen LogP contribution < -0.4 is 11.1 Å². The maximum atomic E-state index is 12.5. The average molecular weight is 424 g/mol. The lowest BCUT2D eigenvalue weighted by molar-refractivity contribution is -0.154. The Morgan fingerprint density at radius 1 is 1.13 bits per heavy atom.